The van der Waals surface area contributed by atoms with Gasteiger partial charge in [-0.1, -0.05) is 82.9 Å². The number of benzene rings is 1. The number of aromatic nitrogens is 4. The van der Waals surface area contributed by atoms with Crippen LogP contribution in [0.4, 0.5) is 0 Å². The number of guanidine groups is 1. The van der Waals surface area contributed by atoms with E-state index in [1.165, 1.54) is 44.9 Å². The summed E-state index contributed by atoms with van der Waals surface area (Å²) in [4.78, 5) is 30.1. The smallest absolute Gasteiger partial charge is 0.249 e. The largest absolute Gasteiger partial charge is 0.370 e. The van der Waals surface area contributed by atoms with Crippen LogP contribution in [0.1, 0.15) is 96.0 Å². The molecule has 5 N–H and O–H groups in total. The summed E-state index contributed by atoms with van der Waals surface area (Å²) in [6, 6.07) is 7.16. The van der Waals surface area contributed by atoms with E-state index >= 15 is 0 Å². The quantitative estimate of drug-likeness (QED) is 0.247. The number of amides is 2. The first kappa shape index (κ1) is 28.7. The first-order valence-corrected chi connectivity index (χ1v) is 14.7. The molecule has 1 unspecified atom stereocenters. The maximum absolute atomic E-state index is 13.3. The SMILES string of the molecule is CCCC1CCC(CC(=O)N=C(N)NC(CC2CCCCC2)C(=O)NCc2cccc(-c3nnn[nH]3)c2)CC1. The fourth-order valence-corrected chi connectivity index (χ4v) is 6.18. The third kappa shape index (κ3) is 9.14. The Balaban J connectivity index is 1.33. The predicted octanol–water partition coefficient (Wildman–Crippen LogP) is 4.25. The molecule has 1 atom stereocenters. The van der Waals surface area contributed by atoms with Crippen LogP contribution < -0.4 is 16.4 Å². The van der Waals surface area contributed by atoms with Crippen LogP contribution in [-0.2, 0) is 16.1 Å². The summed E-state index contributed by atoms with van der Waals surface area (Å²) in [7, 11) is 0. The highest BCUT2D eigenvalue weighted by molar-refractivity contribution is 5.95. The second kappa shape index (κ2) is 14.7. The Morgan fingerprint density at radius 1 is 1.08 bits per heavy atom. The van der Waals surface area contributed by atoms with Gasteiger partial charge in [-0.3, -0.25) is 9.59 Å². The summed E-state index contributed by atoms with van der Waals surface area (Å²) in [5.74, 6) is 1.90. The molecule has 10 heteroatoms. The summed E-state index contributed by atoms with van der Waals surface area (Å²) in [5, 5.41) is 20.1. The molecule has 2 aromatic rings. The van der Waals surface area contributed by atoms with Gasteiger partial charge in [-0.15, -0.1) is 5.10 Å². The molecule has 2 saturated carbocycles. The number of hydrogen-bond acceptors (Lipinski definition) is 5. The maximum Gasteiger partial charge on any atom is 0.249 e. The number of aromatic amines is 1. The monoisotopic (exact) mass is 536 g/mol. The standard InChI is InChI=1S/C29H44N8O2/c1-2-7-20-12-14-22(15-13-20)18-26(38)33-29(30)32-25(17-21-8-4-3-5-9-21)28(39)31-19-23-10-6-11-24(16-23)27-34-36-37-35-27/h6,10-11,16,20-22,25H,2-5,7-9,12-15,17-19H2,1H3,(H,31,39)(H3,30,32,33,38)(H,34,35,36,37). The third-order valence-electron chi connectivity index (χ3n) is 8.32. The molecule has 2 aliphatic carbocycles. The highest BCUT2D eigenvalue weighted by Gasteiger charge is 2.26. The van der Waals surface area contributed by atoms with Gasteiger partial charge in [0.2, 0.25) is 11.8 Å². The lowest BCUT2D eigenvalue weighted by Gasteiger charge is -2.28. The van der Waals surface area contributed by atoms with Gasteiger partial charge in [-0.25, -0.2) is 5.10 Å². The number of nitrogens with two attached hydrogens (primary N) is 1. The Kier molecular flexibility index (Phi) is 10.9. The lowest BCUT2D eigenvalue weighted by atomic mass is 9.79. The molecule has 0 radical (unpaired) electrons. The molecule has 0 saturated heterocycles. The van der Waals surface area contributed by atoms with Crippen molar-refractivity contribution < 1.29 is 9.59 Å². The molecule has 1 heterocycles. The van der Waals surface area contributed by atoms with E-state index in [1.807, 2.05) is 24.3 Å². The van der Waals surface area contributed by atoms with Crippen LogP contribution in [0, 0.1) is 17.8 Å². The molecule has 2 aliphatic rings. The highest BCUT2D eigenvalue weighted by Crippen LogP contribution is 2.33. The highest BCUT2D eigenvalue weighted by atomic mass is 16.2. The van der Waals surface area contributed by atoms with Gasteiger partial charge in [0.25, 0.3) is 0 Å². The molecular formula is C29H44N8O2. The lowest BCUT2D eigenvalue weighted by molar-refractivity contribution is -0.123. The number of nitrogens with one attached hydrogen (secondary N) is 3. The molecule has 2 fully saturated rings. The average Bonchev–Trinajstić information content (AvgIpc) is 3.49. The van der Waals surface area contributed by atoms with Crippen LogP contribution in [0.25, 0.3) is 11.4 Å². The van der Waals surface area contributed by atoms with Crippen LogP contribution in [0.15, 0.2) is 29.3 Å². The first-order valence-electron chi connectivity index (χ1n) is 14.7. The Morgan fingerprint density at radius 2 is 1.85 bits per heavy atom. The van der Waals surface area contributed by atoms with Crippen molar-refractivity contribution >= 4 is 17.8 Å². The van der Waals surface area contributed by atoms with Gasteiger partial charge in [0, 0.05) is 18.5 Å². The molecule has 0 aliphatic heterocycles. The minimum atomic E-state index is -0.546. The Hall–Kier alpha value is -3.30. The summed E-state index contributed by atoms with van der Waals surface area (Å²) < 4.78 is 0. The number of tetrazole rings is 1. The zero-order chi connectivity index (χ0) is 27.5. The van der Waals surface area contributed by atoms with E-state index in [0.29, 0.717) is 37.0 Å². The van der Waals surface area contributed by atoms with Crippen LogP contribution in [0.5, 0.6) is 0 Å². The predicted molar refractivity (Wildman–Crippen MR) is 151 cm³/mol. The second-order valence-electron chi connectivity index (χ2n) is 11.4. The molecule has 0 spiro atoms. The first-order chi connectivity index (χ1) is 19.0. The summed E-state index contributed by atoms with van der Waals surface area (Å²) >= 11 is 0. The van der Waals surface area contributed by atoms with Crippen LogP contribution in [0.2, 0.25) is 0 Å². The van der Waals surface area contributed by atoms with E-state index in [1.54, 1.807) is 0 Å². The zero-order valence-corrected chi connectivity index (χ0v) is 23.2. The number of hydrogen-bond donors (Lipinski definition) is 4. The minimum Gasteiger partial charge on any atom is -0.370 e. The summed E-state index contributed by atoms with van der Waals surface area (Å²) in [6.07, 6.45) is 14.0. The topological polar surface area (TPSA) is 151 Å². The van der Waals surface area contributed by atoms with E-state index in [-0.39, 0.29) is 17.8 Å². The normalized spacial score (nSPS) is 21.3. The number of aliphatic imine (C=N–C) groups is 1. The van der Waals surface area contributed by atoms with Gasteiger partial charge in [-0.2, -0.15) is 4.99 Å². The van der Waals surface area contributed by atoms with Gasteiger partial charge in [0.05, 0.1) is 0 Å². The summed E-state index contributed by atoms with van der Waals surface area (Å²) in [5.41, 5.74) is 7.96. The average molecular weight is 537 g/mol. The molecule has 1 aromatic heterocycles. The van der Waals surface area contributed by atoms with Crippen LogP contribution >= 0.6 is 0 Å². The van der Waals surface area contributed by atoms with E-state index in [0.717, 1.165) is 42.7 Å². The van der Waals surface area contributed by atoms with Crippen molar-refractivity contribution in [1.82, 2.24) is 31.3 Å². The van der Waals surface area contributed by atoms with Crippen molar-refractivity contribution in [1.29, 1.82) is 0 Å². The molecular weight excluding hydrogens is 492 g/mol. The van der Waals surface area contributed by atoms with Crippen LogP contribution in [-0.4, -0.2) is 44.4 Å². The van der Waals surface area contributed by atoms with Crippen molar-refractivity contribution in [2.45, 2.75) is 103 Å². The molecule has 10 nitrogen and oxygen atoms in total. The minimum absolute atomic E-state index is 0.0374. The van der Waals surface area contributed by atoms with Gasteiger partial charge < -0.3 is 16.4 Å². The fourth-order valence-electron chi connectivity index (χ4n) is 6.18. The van der Waals surface area contributed by atoms with E-state index < -0.39 is 6.04 Å². The van der Waals surface area contributed by atoms with Gasteiger partial charge in [0.15, 0.2) is 11.8 Å². The molecule has 0 bridgehead atoms. The van der Waals surface area contributed by atoms with Gasteiger partial charge in [-0.05, 0) is 59.1 Å². The van der Waals surface area contributed by atoms with Crippen molar-refractivity contribution in [3.05, 3.63) is 29.8 Å². The van der Waals surface area contributed by atoms with E-state index in [4.69, 9.17) is 5.73 Å². The number of rotatable bonds is 11. The number of carbonyl (C=O) groups excluding carboxylic acids is 2. The molecule has 39 heavy (non-hydrogen) atoms. The van der Waals surface area contributed by atoms with Crippen molar-refractivity contribution in [3.8, 4) is 11.4 Å². The van der Waals surface area contributed by atoms with E-state index in [9.17, 15) is 9.59 Å². The van der Waals surface area contributed by atoms with Crippen molar-refractivity contribution in [3.63, 3.8) is 0 Å². The molecule has 212 valence electrons. The molecule has 1 aromatic carbocycles. The Labute approximate surface area is 231 Å². The zero-order valence-electron chi connectivity index (χ0n) is 23.2. The number of H-pyrrole nitrogens is 1. The number of carbonyl (C=O) groups is 2. The second-order valence-corrected chi connectivity index (χ2v) is 11.4. The number of nitrogens with zero attached hydrogens (tertiary/aromatic N) is 4. The van der Waals surface area contributed by atoms with Gasteiger partial charge in [0.1, 0.15) is 6.04 Å². The summed E-state index contributed by atoms with van der Waals surface area (Å²) in [6.45, 7) is 2.59. The maximum atomic E-state index is 13.3. The van der Waals surface area contributed by atoms with E-state index in [2.05, 4.69) is 43.2 Å². The Bertz CT molecular complexity index is 1070. The lowest BCUT2D eigenvalue weighted by Crippen LogP contribution is -2.50. The van der Waals surface area contributed by atoms with Crippen molar-refractivity contribution in [2.75, 3.05) is 0 Å². The molecule has 2 amide bonds. The van der Waals surface area contributed by atoms with Crippen molar-refractivity contribution in [2.24, 2.45) is 28.5 Å². The Morgan fingerprint density at radius 3 is 2.56 bits per heavy atom. The fraction of sp³-hybridized carbons (Fsp3) is 0.655. The molecule has 4 rings (SSSR count). The van der Waals surface area contributed by atoms with Crippen LogP contribution in [0.3, 0.4) is 0 Å². The third-order valence-corrected chi connectivity index (χ3v) is 8.32. The van der Waals surface area contributed by atoms with Gasteiger partial charge >= 0.3 is 0 Å².